The molecule has 1 unspecified atom stereocenters. The first-order chi connectivity index (χ1) is 20.9. The summed E-state index contributed by atoms with van der Waals surface area (Å²) in [5.74, 6) is -0.569. The SMILES string of the molecule is Nc1nc2c(sc(=O)n2CCN2CCN(c3cc(OCC4COCCN4)c(F)cc3F)CC2)c2cc(-c3ccco3)nn12. The summed E-state index contributed by atoms with van der Waals surface area (Å²) >= 11 is 1.10. The Hall–Kier alpha value is -4.05. The highest BCUT2D eigenvalue weighted by Gasteiger charge is 2.24. The minimum absolute atomic E-state index is 0.0188. The fourth-order valence-corrected chi connectivity index (χ4v) is 6.49. The van der Waals surface area contributed by atoms with Gasteiger partial charge in [-0.1, -0.05) is 11.3 Å². The summed E-state index contributed by atoms with van der Waals surface area (Å²) in [4.78, 5) is 21.5. The van der Waals surface area contributed by atoms with E-state index in [0.29, 0.717) is 92.0 Å². The Morgan fingerprint density at radius 1 is 1.14 bits per heavy atom. The van der Waals surface area contributed by atoms with Crippen LogP contribution in [0.4, 0.5) is 20.4 Å². The number of halogens is 2. The Balaban J connectivity index is 1.02. The Bertz CT molecular complexity index is 1810. The molecule has 12 nitrogen and oxygen atoms in total. The van der Waals surface area contributed by atoms with Crippen molar-refractivity contribution in [2.75, 3.05) is 69.7 Å². The van der Waals surface area contributed by atoms with E-state index in [1.807, 2.05) is 11.0 Å². The average Bonchev–Trinajstić information content (AvgIpc) is 3.76. The van der Waals surface area contributed by atoms with Crippen molar-refractivity contribution in [2.45, 2.75) is 12.6 Å². The van der Waals surface area contributed by atoms with Gasteiger partial charge in [-0.05, 0) is 18.2 Å². The van der Waals surface area contributed by atoms with Crippen LogP contribution in [0.15, 0.2) is 45.8 Å². The van der Waals surface area contributed by atoms with Gasteiger partial charge in [-0.3, -0.25) is 14.3 Å². The maximum absolute atomic E-state index is 14.8. The summed E-state index contributed by atoms with van der Waals surface area (Å²) in [7, 11) is 0. The summed E-state index contributed by atoms with van der Waals surface area (Å²) in [6.07, 6.45) is 1.57. The number of fused-ring (bicyclic) bond motifs is 3. The van der Waals surface area contributed by atoms with Gasteiger partial charge in [-0.2, -0.15) is 14.6 Å². The molecule has 1 atom stereocenters. The smallest absolute Gasteiger partial charge is 0.309 e. The molecule has 2 saturated heterocycles. The molecule has 2 fully saturated rings. The number of nitrogens with one attached hydrogen (secondary N) is 1. The van der Waals surface area contributed by atoms with Gasteiger partial charge in [0.2, 0.25) is 5.95 Å². The molecule has 1 aromatic carbocycles. The standard InChI is InChI=1S/C28H30F2N8O4S/c29-18-12-19(30)24(42-16-17-15-40-11-3-32-17)14-21(18)36-7-4-35(5-8-36)6-9-37-26-25(43-28(37)39)22-13-20(23-2-1-10-41-23)34-38(22)27(31)33-26/h1-2,10,12-14,17,32H,3-9,11,15-16H2,(H2,31,33). The molecular weight excluding hydrogens is 582 g/mol. The van der Waals surface area contributed by atoms with Gasteiger partial charge in [0.05, 0.1) is 36.7 Å². The number of aromatic nitrogens is 4. The van der Waals surface area contributed by atoms with E-state index in [-0.39, 0.29) is 29.2 Å². The molecule has 7 rings (SSSR count). The lowest BCUT2D eigenvalue weighted by Crippen LogP contribution is -2.47. The molecule has 5 aromatic rings. The van der Waals surface area contributed by atoms with Gasteiger partial charge in [0.15, 0.2) is 23.0 Å². The van der Waals surface area contributed by atoms with Gasteiger partial charge in [-0.25, -0.2) is 8.78 Å². The zero-order valence-corrected chi connectivity index (χ0v) is 24.0. The van der Waals surface area contributed by atoms with E-state index < -0.39 is 11.6 Å². The van der Waals surface area contributed by atoms with Crippen LogP contribution >= 0.6 is 11.3 Å². The number of rotatable bonds is 8. The van der Waals surface area contributed by atoms with Crippen molar-refractivity contribution in [1.29, 1.82) is 0 Å². The maximum atomic E-state index is 14.8. The van der Waals surface area contributed by atoms with Crippen molar-refractivity contribution in [2.24, 2.45) is 0 Å². The Morgan fingerprint density at radius 3 is 2.77 bits per heavy atom. The number of nitrogens with two attached hydrogens (primary N) is 1. The van der Waals surface area contributed by atoms with E-state index in [2.05, 4.69) is 20.3 Å². The minimum Gasteiger partial charge on any atom is -0.489 e. The molecule has 3 N–H and O–H groups in total. The highest BCUT2D eigenvalue weighted by atomic mass is 32.1. The maximum Gasteiger partial charge on any atom is 0.309 e. The fourth-order valence-electron chi connectivity index (χ4n) is 5.53. The highest BCUT2D eigenvalue weighted by Crippen LogP contribution is 2.30. The number of hydrogen-bond acceptors (Lipinski definition) is 11. The summed E-state index contributed by atoms with van der Waals surface area (Å²) in [6, 6.07) is 7.69. The van der Waals surface area contributed by atoms with Crippen molar-refractivity contribution >= 4 is 38.8 Å². The minimum atomic E-state index is -0.732. The molecule has 0 bridgehead atoms. The van der Waals surface area contributed by atoms with Crippen LogP contribution in [0.3, 0.4) is 0 Å². The molecule has 4 aromatic heterocycles. The molecule has 43 heavy (non-hydrogen) atoms. The number of hydrogen-bond donors (Lipinski definition) is 2. The predicted molar refractivity (Wildman–Crippen MR) is 158 cm³/mol. The fraction of sp³-hybridized carbons (Fsp3) is 0.393. The van der Waals surface area contributed by atoms with E-state index in [1.165, 1.54) is 10.6 Å². The second kappa shape index (κ2) is 11.6. The summed E-state index contributed by atoms with van der Waals surface area (Å²) in [5.41, 5.74) is 8.34. The number of ether oxygens (including phenoxy) is 2. The number of nitrogen functional groups attached to an aromatic ring is 1. The molecule has 0 aliphatic carbocycles. The number of nitrogens with zero attached hydrogens (tertiary/aromatic N) is 6. The zero-order chi connectivity index (χ0) is 29.5. The molecule has 2 aliphatic heterocycles. The van der Waals surface area contributed by atoms with Crippen LogP contribution < -0.4 is 25.6 Å². The zero-order valence-electron chi connectivity index (χ0n) is 23.2. The van der Waals surface area contributed by atoms with E-state index in [1.54, 1.807) is 23.0 Å². The Morgan fingerprint density at radius 2 is 2.00 bits per heavy atom. The van der Waals surface area contributed by atoms with Crippen molar-refractivity contribution in [3.8, 4) is 17.2 Å². The molecule has 0 saturated carbocycles. The molecule has 2 aliphatic rings. The van der Waals surface area contributed by atoms with E-state index in [9.17, 15) is 13.6 Å². The number of piperazine rings is 1. The number of thiazole rings is 1. The number of morpholine rings is 1. The van der Waals surface area contributed by atoms with Crippen LogP contribution in [0.2, 0.25) is 0 Å². The van der Waals surface area contributed by atoms with Crippen LogP contribution in [0, 0.1) is 11.6 Å². The lowest BCUT2D eigenvalue weighted by molar-refractivity contribution is 0.0586. The molecule has 0 radical (unpaired) electrons. The van der Waals surface area contributed by atoms with Gasteiger partial charge in [-0.15, -0.1) is 0 Å². The van der Waals surface area contributed by atoms with E-state index >= 15 is 0 Å². The Kier molecular flexibility index (Phi) is 7.46. The van der Waals surface area contributed by atoms with Gasteiger partial charge < -0.3 is 29.8 Å². The molecule has 0 amide bonds. The van der Waals surface area contributed by atoms with Gasteiger partial charge >= 0.3 is 4.87 Å². The topological polar surface area (TPSA) is 128 Å². The van der Waals surface area contributed by atoms with Gasteiger partial charge in [0.25, 0.3) is 0 Å². The van der Waals surface area contributed by atoms with Crippen molar-refractivity contribution < 1.29 is 22.7 Å². The molecule has 0 spiro atoms. The number of benzene rings is 1. The monoisotopic (exact) mass is 612 g/mol. The lowest BCUT2D eigenvalue weighted by Gasteiger charge is -2.36. The van der Waals surface area contributed by atoms with Crippen LogP contribution in [-0.4, -0.2) is 89.2 Å². The largest absolute Gasteiger partial charge is 0.489 e. The van der Waals surface area contributed by atoms with Crippen molar-refractivity contribution in [1.82, 2.24) is 29.4 Å². The summed E-state index contributed by atoms with van der Waals surface area (Å²) < 4.78 is 49.7. The first-order valence-corrected chi connectivity index (χ1v) is 14.9. The summed E-state index contributed by atoms with van der Waals surface area (Å²) in [5, 5.41) is 7.75. The van der Waals surface area contributed by atoms with Crippen LogP contribution in [0.5, 0.6) is 5.75 Å². The average molecular weight is 613 g/mol. The van der Waals surface area contributed by atoms with Crippen LogP contribution in [0.25, 0.3) is 27.3 Å². The predicted octanol–water partition coefficient (Wildman–Crippen LogP) is 2.42. The molecular formula is C28H30F2N8O4S. The second-order valence-electron chi connectivity index (χ2n) is 10.5. The summed E-state index contributed by atoms with van der Waals surface area (Å²) in [6.45, 7) is 5.42. The van der Waals surface area contributed by atoms with Crippen molar-refractivity contribution in [3.63, 3.8) is 0 Å². The van der Waals surface area contributed by atoms with E-state index in [0.717, 1.165) is 17.4 Å². The third-order valence-corrected chi connectivity index (χ3v) is 8.81. The van der Waals surface area contributed by atoms with Crippen LogP contribution in [0.1, 0.15) is 0 Å². The van der Waals surface area contributed by atoms with E-state index in [4.69, 9.17) is 19.6 Å². The first-order valence-electron chi connectivity index (χ1n) is 14.1. The second-order valence-corrected chi connectivity index (χ2v) is 11.5. The van der Waals surface area contributed by atoms with Gasteiger partial charge in [0.1, 0.15) is 22.8 Å². The van der Waals surface area contributed by atoms with Crippen molar-refractivity contribution in [3.05, 3.63) is 57.9 Å². The third-order valence-electron chi connectivity index (χ3n) is 7.81. The third kappa shape index (κ3) is 5.44. The normalized spacial score (nSPS) is 18.2. The van der Waals surface area contributed by atoms with Gasteiger partial charge in [0, 0.05) is 57.9 Å². The lowest BCUT2D eigenvalue weighted by atomic mass is 10.2. The number of anilines is 2. The molecule has 15 heteroatoms. The first kappa shape index (κ1) is 27.8. The van der Waals surface area contributed by atoms with Crippen LogP contribution in [-0.2, 0) is 11.3 Å². The molecule has 226 valence electrons. The quantitative estimate of drug-likeness (QED) is 0.270. The number of furan rings is 1. The highest BCUT2D eigenvalue weighted by molar-refractivity contribution is 7.17. The molecule has 6 heterocycles. The Labute approximate surface area is 248 Å².